The number of carbonyl (C=O) groups is 1. The number of halogens is 3. The Hall–Kier alpha value is -2.61. The summed E-state index contributed by atoms with van der Waals surface area (Å²) >= 11 is 11.9. The molecule has 1 N–H and O–H groups in total. The van der Waals surface area contributed by atoms with Crippen molar-refractivity contribution in [1.29, 1.82) is 0 Å². The molecule has 0 bridgehead atoms. The fraction of sp³-hybridized carbons (Fsp3) is 0.136. The molecule has 1 heterocycles. The number of amides is 1. The van der Waals surface area contributed by atoms with Crippen LogP contribution in [0.2, 0.25) is 10.0 Å². The molecule has 0 aromatic heterocycles. The van der Waals surface area contributed by atoms with Crippen molar-refractivity contribution in [3.8, 4) is 0 Å². The highest BCUT2D eigenvalue weighted by Crippen LogP contribution is 2.34. The summed E-state index contributed by atoms with van der Waals surface area (Å²) in [6.45, 7) is 0.321. The Morgan fingerprint density at radius 1 is 0.968 bits per heavy atom. The molecule has 0 spiro atoms. The van der Waals surface area contributed by atoms with Crippen LogP contribution < -0.4 is 9.62 Å². The van der Waals surface area contributed by atoms with Crippen LogP contribution in [0.4, 0.5) is 15.8 Å². The van der Waals surface area contributed by atoms with E-state index < -0.39 is 15.8 Å². The molecule has 0 unspecified atom stereocenters. The lowest BCUT2D eigenvalue weighted by Crippen LogP contribution is -2.35. The highest BCUT2D eigenvalue weighted by molar-refractivity contribution is 7.92. The van der Waals surface area contributed by atoms with Gasteiger partial charge in [-0.3, -0.25) is 9.10 Å². The first-order valence-electron chi connectivity index (χ1n) is 9.43. The Morgan fingerprint density at radius 2 is 1.71 bits per heavy atom. The van der Waals surface area contributed by atoms with Gasteiger partial charge < -0.3 is 5.32 Å². The Morgan fingerprint density at radius 3 is 2.42 bits per heavy atom. The van der Waals surface area contributed by atoms with Gasteiger partial charge >= 0.3 is 0 Å². The minimum atomic E-state index is -3.83. The maximum atomic E-state index is 13.2. The second-order valence-corrected chi connectivity index (χ2v) is 9.74. The van der Waals surface area contributed by atoms with Crippen LogP contribution in [0, 0.1) is 5.82 Å². The monoisotopic (exact) mass is 478 g/mol. The standard InChI is InChI=1S/C22H17Cl2FN2O3S/c23-19-9-3-15(13-20(19)24)22(28)26-17-6-10-21-14(12-17)2-1-11-27(21)31(29,30)18-7-4-16(25)5-8-18/h3-10,12-13H,1-2,11H2,(H,26,28). The van der Waals surface area contributed by atoms with E-state index in [-0.39, 0.29) is 15.8 Å². The predicted molar refractivity (Wildman–Crippen MR) is 120 cm³/mol. The van der Waals surface area contributed by atoms with Crippen LogP contribution in [-0.4, -0.2) is 20.9 Å². The lowest BCUT2D eigenvalue weighted by molar-refractivity contribution is 0.102. The quantitative estimate of drug-likeness (QED) is 0.536. The molecule has 0 radical (unpaired) electrons. The first-order chi connectivity index (χ1) is 14.8. The minimum absolute atomic E-state index is 0.0266. The van der Waals surface area contributed by atoms with E-state index in [1.165, 1.54) is 22.5 Å². The molecule has 0 atom stereocenters. The van der Waals surface area contributed by atoms with Crippen LogP contribution in [0.3, 0.4) is 0 Å². The topological polar surface area (TPSA) is 66.5 Å². The third kappa shape index (κ3) is 4.39. The number of benzene rings is 3. The maximum absolute atomic E-state index is 13.2. The summed E-state index contributed by atoms with van der Waals surface area (Å²) in [4.78, 5) is 12.6. The predicted octanol–water partition coefficient (Wildman–Crippen LogP) is 5.53. The molecule has 160 valence electrons. The second kappa shape index (κ2) is 8.49. The Balaban J connectivity index is 1.60. The van der Waals surface area contributed by atoms with E-state index in [2.05, 4.69) is 5.32 Å². The van der Waals surface area contributed by atoms with E-state index in [0.29, 0.717) is 41.3 Å². The average Bonchev–Trinajstić information content (AvgIpc) is 2.75. The van der Waals surface area contributed by atoms with E-state index >= 15 is 0 Å². The summed E-state index contributed by atoms with van der Waals surface area (Å²) in [5.74, 6) is -0.856. The number of nitrogens with zero attached hydrogens (tertiary/aromatic N) is 1. The molecule has 0 fully saturated rings. The van der Waals surface area contributed by atoms with Crippen LogP contribution >= 0.6 is 23.2 Å². The smallest absolute Gasteiger partial charge is 0.264 e. The van der Waals surface area contributed by atoms with Crippen LogP contribution in [-0.2, 0) is 16.4 Å². The van der Waals surface area contributed by atoms with Crippen molar-refractivity contribution in [2.45, 2.75) is 17.7 Å². The summed E-state index contributed by atoms with van der Waals surface area (Å²) in [6.07, 6.45) is 1.29. The zero-order valence-electron chi connectivity index (χ0n) is 16.1. The highest BCUT2D eigenvalue weighted by Gasteiger charge is 2.29. The first kappa shape index (κ1) is 21.6. The molecule has 3 aromatic carbocycles. The lowest BCUT2D eigenvalue weighted by Gasteiger charge is -2.31. The zero-order chi connectivity index (χ0) is 22.2. The van der Waals surface area contributed by atoms with Crippen LogP contribution in [0.15, 0.2) is 65.6 Å². The van der Waals surface area contributed by atoms with Crippen molar-refractivity contribution < 1.29 is 17.6 Å². The third-order valence-corrected chi connectivity index (χ3v) is 7.56. The lowest BCUT2D eigenvalue weighted by atomic mass is 10.0. The largest absolute Gasteiger partial charge is 0.322 e. The minimum Gasteiger partial charge on any atom is -0.322 e. The molecule has 31 heavy (non-hydrogen) atoms. The van der Waals surface area contributed by atoms with Crippen LogP contribution in [0.5, 0.6) is 0 Å². The Bertz CT molecular complexity index is 1260. The number of hydrogen-bond donors (Lipinski definition) is 1. The summed E-state index contributed by atoms with van der Waals surface area (Å²) in [5.41, 5.74) is 2.23. The zero-order valence-corrected chi connectivity index (χ0v) is 18.4. The van der Waals surface area contributed by atoms with Gasteiger partial charge in [0, 0.05) is 17.8 Å². The van der Waals surface area contributed by atoms with Gasteiger partial charge in [0.1, 0.15) is 5.82 Å². The van der Waals surface area contributed by atoms with Crippen molar-refractivity contribution in [3.63, 3.8) is 0 Å². The molecular formula is C22H17Cl2FN2O3S. The SMILES string of the molecule is O=C(Nc1ccc2c(c1)CCCN2S(=O)(=O)c1ccc(F)cc1)c1ccc(Cl)c(Cl)c1. The van der Waals surface area contributed by atoms with E-state index in [1.54, 1.807) is 30.3 Å². The van der Waals surface area contributed by atoms with Gasteiger partial charge in [-0.05, 0) is 79.1 Å². The van der Waals surface area contributed by atoms with Gasteiger partial charge in [-0.1, -0.05) is 23.2 Å². The molecule has 0 saturated carbocycles. The molecule has 0 aliphatic carbocycles. The maximum Gasteiger partial charge on any atom is 0.264 e. The summed E-state index contributed by atoms with van der Waals surface area (Å²) in [6, 6.07) is 14.4. The van der Waals surface area contributed by atoms with Crippen molar-refractivity contribution in [2.75, 3.05) is 16.2 Å². The summed E-state index contributed by atoms with van der Waals surface area (Å²) in [5, 5.41) is 3.43. The van der Waals surface area contributed by atoms with Gasteiger partial charge in [0.25, 0.3) is 15.9 Å². The molecule has 1 aliphatic rings. The summed E-state index contributed by atoms with van der Waals surface area (Å²) < 4.78 is 40.7. The molecule has 1 amide bonds. The third-order valence-electron chi connectivity index (χ3n) is 5.00. The normalized spacial score (nSPS) is 13.6. The number of aryl methyl sites for hydroxylation is 1. The second-order valence-electron chi connectivity index (χ2n) is 7.06. The van der Waals surface area contributed by atoms with E-state index in [4.69, 9.17) is 23.2 Å². The van der Waals surface area contributed by atoms with Crippen molar-refractivity contribution in [2.24, 2.45) is 0 Å². The van der Waals surface area contributed by atoms with Crippen molar-refractivity contribution in [1.82, 2.24) is 0 Å². The average molecular weight is 479 g/mol. The fourth-order valence-electron chi connectivity index (χ4n) is 3.46. The number of carbonyl (C=O) groups excluding carboxylic acids is 1. The van der Waals surface area contributed by atoms with Crippen molar-refractivity contribution >= 4 is 50.5 Å². The number of anilines is 2. The van der Waals surface area contributed by atoms with Gasteiger partial charge in [0.15, 0.2) is 0 Å². The number of rotatable bonds is 4. The van der Waals surface area contributed by atoms with Crippen LogP contribution in [0.25, 0.3) is 0 Å². The van der Waals surface area contributed by atoms with Crippen LogP contribution in [0.1, 0.15) is 22.3 Å². The van der Waals surface area contributed by atoms with Gasteiger partial charge in [0.05, 0.1) is 20.6 Å². The van der Waals surface area contributed by atoms with E-state index in [9.17, 15) is 17.6 Å². The van der Waals surface area contributed by atoms with Gasteiger partial charge in [-0.25, -0.2) is 12.8 Å². The number of fused-ring (bicyclic) bond motifs is 1. The van der Waals surface area contributed by atoms with Gasteiger partial charge in [-0.15, -0.1) is 0 Å². The van der Waals surface area contributed by atoms with Crippen molar-refractivity contribution in [3.05, 3.63) is 87.7 Å². The van der Waals surface area contributed by atoms with Gasteiger partial charge in [0.2, 0.25) is 0 Å². The number of nitrogens with one attached hydrogen (secondary N) is 1. The Kier molecular flexibility index (Phi) is 5.92. The summed E-state index contributed by atoms with van der Waals surface area (Å²) in [7, 11) is -3.83. The van der Waals surface area contributed by atoms with Gasteiger partial charge in [-0.2, -0.15) is 0 Å². The molecule has 3 aromatic rings. The Labute approximate surface area is 189 Å². The first-order valence-corrected chi connectivity index (χ1v) is 11.6. The van der Waals surface area contributed by atoms with E-state index in [0.717, 1.165) is 17.7 Å². The number of sulfonamides is 1. The molecule has 0 saturated heterocycles. The molecule has 4 rings (SSSR count). The number of hydrogen-bond acceptors (Lipinski definition) is 3. The fourth-order valence-corrected chi connectivity index (χ4v) is 5.30. The molecule has 5 nitrogen and oxygen atoms in total. The molecular weight excluding hydrogens is 462 g/mol. The highest BCUT2D eigenvalue weighted by atomic mass is 35.5. The molecule has 9 heteroatoms. The molecule has 1 aliphatic heterocycles. The van der Waals surface area contributed by atoms with E-state index in [1.807, 2.05) is 0 Å².